The van der Waals surface area contributed by atoms with Gasteiger partial charge in [-0.15, -0.1) is 0 Å². The first kappa shape index (κ1) is 15.5. The van der Waals surface area contributed by atoms with E-state index in [9.17, 15) is 13.2 Å². The van der Waals surface area contributed by atoms with E-state index in [1.165, 1.54) is 0 Å². The largest absolute Gasteiger partial charge is 0.389 e. The predicted octanol–water partition coefficient (Wildman–Crippen LogP) is 3.02. The van der Waals surface area contributed by atoms with Crippen LogP contribution in [0.5, 0.6) is 0 Å². The van der Waals surface area contributed by atoms with Crippen molar-refractivity contribution in [2.75, 3.05) is 26.2 Å². The zero-order valence-corrected chi connectivity index (χ0v) is 11.7. The Kier molecular flexibility index (Phi) is 5.23. The zero-order valence-electron chi connectivity index (χ0n) is 11.0. The van der Waals surface area contributed by atoms with E-state index in [4.69, 9.17) is 11.6 Å². The Morgan fingerprint density at radius 1 is 1.35 bits per heavy atom. The van der Waals surface area contributed by atoms with Gasteiger partial charge in [0.25, 0.3) is 0 Å². The summed E-state index contributed by atoms with van der Waals surface area (Å²) in [5.74, 6) is 0. The van der Waals surface area contributed by atoms with Crippen molar-refractivity contribution in [2.24, 2.45) is 0 Å². The number of hydrogen-bond acceptors (Lipinski definition) is 3. The fourth-order valence-electron chi connectivity index (χ4n) is 2.48. The van der Waals surface area contributed by atoms with Gasteiger partial charge in [0.15, 0.2) is 0 Å². The van der Waals surface area contributed by atoms with E-state index < -0.39 is 12.6 Å². The molecule has 1 saturated heterocycles. The molecule has 1 aromatic rings. The van der Waals surface area contributed by atoms with Gasteiger partial charge in [-0.1, -0.05) is 17.7 Å². The molecule has 0 unspecified atom stereocenters. The molecule has 0 radical (unpaired) electrons. The highest BCUT2D eigenvalue weighted by atomic mass is 35.5. The normalized spacial score (nSPS) is 19.0. The molecule has 112 valence electrons. The SMILES string of the molecule is FC(F)(F)CC[C@@H](c1cccnc1Cl)N1CCNCC1. The fourth-order valence-corrected chi connectivity index (χ4v) is 2.72. The third-order valence-electron chi connectivity index (χ3n) is 3.44. The maximum atomic E-state index is 12.5. The standard InChI is InChI=1S/C13H17ClF3N3/c14-12-10(2-1-5-19-12)11(3-4-13(15,16)17)20-8-6-18-7-9-20/h1-2,5,11,18H,3-4,6-9H2/t11-/m0/s1. The van der Waals surface area contributed by atoms with Crippen LogP contribution in [0.2, 0.25) is 5.15 Å². The molecule has 0 saturated carbocycles. The van der Waals surface area contributed by atoms with Crippen LogP contribution in [0.4, 0.5) is 13.2 Å². The number of nitrogens with one attached hydrogen (secondary N) is 1. The second-order valence-corrected chi connectivity index (χ2v) is 5.20. The first-order chi connectivity index (χ1) is 9.47. The van der Waals surface area contributed by atoms with Gasteiger partial charge < -0.3 is 5.32 Å². The Bertz CT molecular complexity index is 433. The summed E-state index contributed by atoms with van der Waals surface area (Å²) in [6.07, 6.45) is -3.41. The first-order valence-corrected chi connectivity index (χ1v) is 6.97. The van der Waals surface area contributed by atoms with Crippen molar-refractivity contribution >= 4 is 11.6 Å². The monoisotopic (exact) mass is 307 g/mol. The highest BCUT2D eigenvalue weighted by Crippen LogP contribution is 2.34. The minimum atomic E-state index is -4.15. The Labute approximate surface area is 121 Å². The van der Waals surface area contributed by atoms with E-state index in [0.717, 1.165) is 13.1 Å². The van der Waals surface area contributed by atoms with Gasteiger partial charge in [0, 0.05) is 50.4 Å². The van der Waals surface area contributed by atoms with Crippen LogP contribution in [0.3, 0.4) is 0 Å². The maximum absolute atomic E-state index is 12.5. The van der Waals surface area contributed by atoms with Crippen LogP contribution < -0.4 is 5.32 Å². The summed E-state index contributed by atoms with van der Waals surface area (Å²) in [5.41, 5.74) is 0.681. The summed E-state index contributed by atoms with van der Waals surface area (Å²) < 4.78 is 37.6. The van der Waals surface area contributed by atoms with Gasteiger partial charge in [-0.05, 0) is 12.5 Å². The fraction of sp³-hybridized carbons (Fsp3) is 0.615. The van der Waals surface area contributed by atoms with Gasteiger partial charge in [-0.3, -0.25) is 4.90 Å². The maximum Gasteiger partial charge on any atom is 0.389 e. The first-order valence-electron chi connectivity index (χ1n) is 6.59. The Balaban J connectivity index is 2.17. The van der Waals surface area contributed by atoms with Crippen molar-refractivity contribution in [2.45, 2.75) is 25.1 Å². The molecule has 1 atom stereocenters. The highest BCUT2D eigenvalue weighted by molar-refractivity contribution is 6.30. The lowest BCUT2D eigenvalue weighted by Crippen LogP contribution is -2.45. The summed E-state index contributed by atoms with van der Waals surface area (Å²) >= 11 is 6.05. The molecule has 0 amide bonds. The van der Waals surface area contributed by atoms with Crippen LogP contribution in [0, 0.1) is 0 Å². The number of alkyl halides is 3. The van der Waals surface area contributed by atoms with Crippen molar-refractivity contribution < 1.29 is 13.2 Å². The van der Waals surface area contributed by atoms with Crippen LogP contribution in [0.25, 0.3) is 0 Å². The van der Waals surface area contributed by atoms with Crippen molar-refractivity contribution in [3.63, 3.8) is 0 Å². The Morgan fingerprint density at radius 2 is 2.05 bits per heavy atom. The lowest BCUT2D eigenvalue weighted by atomic mass is 10.0. The van der Waals surface area contributed by atoms with Gasteiger partial charge >= 0.3 is 6.18 Å². The van der Waals surface area contributed by atoms with Crippen LogP contribution in [0.1, 0.15) is 24.4 Å². The summed E-state index contributed by atoms with van der Waals surface area (Å²) in [7, 11) is 0. The van der Waals surface area contributed by atoms with Crippen LogP contribution in [-0.2, 0) is 0 Å². The van der Waals surface area contributed by atoms with Crippen LogP contribution >= 0.6 is 11.6 Å². The molecular weight excluding hydrogens is 291 g/mol. The lowest BCUT2D eigenvalue weighted by Gasteiger charge is -2.35. The molecule has 1 aliphatic heterocycles. The van der Waals surface area contributed by atoms with Gasteiger partial charge in [0.05, 0.1) is 0 Å². The van der Waals surface area contributed by atoms with Gasteiger partial charge in [0.1, 0.15) is 5.15 Å². The van der Waals surface area contributed by atoms with Gasteiger partial charge in [-0.25, -0.2) is 4.98 Å². The van der Waals surface area contributed by atoms with E-state index in [-0.39, 0.29) is 12.5 Å². The van der Waals surface area contributed by atoms with E-state index in [1.807, 2.05) is 4.90 Å². The summed E-state index contributed by atoms with van der Waals surface area (Å²) in [6, 6.07) is 3.14. The number of halogens is 4. The number of piperazine rings is 1. The van der Waals surface area contributed by atoms with Gasteiger partial charge in [-0.2, -0.15) is 13.2 Å². The van der Waals surface area contributed by atoms with E-state index in [0.29, 0.717) is 23.8 Å². The highest BCUT2D eigenvalue weighted by Gasteiger charge is 2.32. The molecule has 0 aliphatic carbocycles. The minimum absolute atomic E-state index is 0.00884. The smallest absolute Gasteiger partial charge is 0.314 e. The molecule has 3 nitrogen and oxygen atoms in total. The lowest BCUT2D eigenvalue weighted by molar-refractivity contribution is -0.138. The number of nitrogens with zero attached hydrogens (tertiary/aromatic N) is 2. The summed E-state index contributed by atoms with van der Waals surface area (Å²) in [6.45, 7) is 2.99. The van der Waals surface area contributed by atoms with E-state index in [2.05, 4.69) is 10.3 Å². The molecule has 1 N–H and O–H groups in total. The topological polar surface area (TPSA) is 28.2 Å². The molecule has 2 heterocycles. The molecule has 2 rings (SSSR count). The van der Waals surface area contributed by atoms with Crippen molar-refractivity contribution in [3.05, 3.63) is 29.0 Å². The molecule has 0 aromatic carbocycles. The van der Waals surface area contributed by atoms with Crippen LogP contribution in [-0.4, -0.2) is 42.2 Å². The molecule has 0 bridgehead atoms. The Morgan fingerprint density at radius 3 is 2.65 bits per heavy atom. The summed E-state index contributed by atoms with van der Waals surface area (Å²) in [5, 5.41) is 3.49. The minimum Gasteiger partial charge on any atom is -0.314 e. The number of hydrogen-bond donors (Lipinski definition) is 1. The van der Waals surface area contributed by atoms with Crippen molar-refractivity contribution in [3.8, 4) is 0 Å². The third kappa shape index (κ3) is 4.33. The second-order valence-electron chi connectivity index (χ2n) is 4.84. The average Bonchev–Trinajstić information content (AvgIpc) is 2.41. The quantitative estimate of drug-likeness (QED) is 0.867. The summed E-state index contributed by atoms with van der Waals surface area (Å²) in [4.78, 5) is 6.03. The average molecular weight is 308 g/mol. The van der Waals surface area contributed by atoms with E-state index >= 15 is 0 Å². The molecule has 0 spiro atoms. The predicted molar refractivity (Wildman–Crippen MR) is 71.7 cm³/mol. The van der Waals surface area contributed by atoms with Crippen molar-refractivity contribution in [1.82, 2.24) is 15.2 Å². The molecule has 1 aromatic heterocycles. The second kappa shape index (κ2) is 6.74. The Hall–Kier alpha value is -0.850. The van der Waals surface area contributed by atoms with E-state index in [1.54, 1.807) is 18.3 Å². The third-order valence-corrected chi connectivity index (χ3v) is 3.76. The molecule has 1 aliphatic rings. The molecular formula is C13H17ClF3N3. The molecule has 20 heavy (non-hydrogen) atoms. The van der Waals surface area contributed by atoms with Crippen molar-refractivity contribution in [1.29, 1.82) is 0 Å². The molecule has 7 heteroatoms. The number of rotatable bonds is 4. The van der Waals surface area contributed by atoms with Gasteiger partial charge in [0.2, 0.25) is 0 Å². The number of pyridine rings is 1. The molecule has 1 fully saturated rings. The number of aromatic nitrogens is 1. The van der Waals surface area contributed by atoms with Crippen LogP contribution in [0.15, 0.2) is 18.3 Å². The zero-order chi connectivity index (χ0) is 14.6.